The Bertz CT molecular complexity index is 693. The van der Waals surface area contributed by atoms with Crippen LogP contribution in [0.5, 0.6) is 0 Å². The molecule has 0 aromatic heterocycles. The van der Waals surface area contributed by atoms with E-state index < -0.39 is 6.04 Å². The normalized spacial score (nSPS) is 28.8. The van der Waals surface area contributed by atoms with E-state index in [1.165, 1.54) is 0 Å². The second-order valence-corrected chi connectivity index (χ2v) is 6.99. The first-order chi connectivity index (χ1) is 11.6. The predicted molar refractivity (Wildman–Crippen MR) is 87.6 cm³/mol. The topological polar surface area (TPSA) is 69.7 Å². The Morgan fingerprint density at radius 2 is 1.88 bits per heavy atom. The summed E-state index contributed by atoms with van der Waals surface area (Å²) in [6.07, 6.45) is 2.09. The zero-order chi connectivity index (χ0) is 16.8. The first-order valence-electron chi connectivity index (χ1n) is 8.22. The van der Waals surface area contributed by atoms with E-state index in [0.29, 0.717) is 30.1 Å². The molecule has 0 spiro atoms. The Labute approximate surface area is 144 Å². The molecule has 6 nitrogen and oxygen atoms in total. The van der Waals surface area contributed by atoms with Gasteiger partial charge in [0.2, 0.25) is 11.8 Å². The van der Waals surface area contributed by atoms with Crippen molar-refractivity contribution < 1.29 is 14.4 Å². The summed E-state index contributed by atoms with van der Waals surface area (Å²) in [7, 11) is 0. The number of hydrogen-bond donors (Lipinski definition) is 1. The molecular formula is C17H18ClN3O3. The number of halogens is 1. The van der Waals surface area contributed by atoms with Crippen LogP contribution >= 0.6 is 11.6 Å². The third kappa shape index (κ3) is 2.36. The van der Waals surface area contributed by atoms with Crippen LogP contribution in [0.3, 0.4) is 0 Å². The predicted octanol–water partition coefficient (Wildman–Crippen LogP) is 1.04. The van der Waals surface area contributed by atoms with Gasteiger partial charge >= 0.3 is 0 Å². The number of nitrogens with zero attached hydrogens (tertiary/aromatic N) is 2. The second kappa shape index (κ2) is 5.77. The van der Waals surface area contributed by atoms with E-state index in [-0.39, 0.29) is 29.8 Å². The van der Waals surface area contributed by atoms with Gasteiger partial charge in [-0.3, -0.25) is 14.4 Å². The molecule has 1 aromatic rings. The van der Waals surface area contributed by atoms with Crippen molar-refractivity contribution in [3.63, 3.8) is 0 Å². The Kier molecular flexibility index (Phi) is 3.72. The highest BCUT2D eigenvalue weighted by Gasteiger charge is 2.51. The van der Waals surface area contributed by atoms with Crippen molar-refractivity contribution in [1.29, 1.82) is 0 Å². The molecule has 1 N–H and O–H groups in total. The third-order valence-electron chi connectivity index (χ3n) is 5.14. The number of carbonyl (C=O) groups excluding carboxylic acids is 3. The highest BCUT2D eigenvalue weighted by atomic mass is 35.5. The summed E-state index contributed by atoms with van der Waals surface area (Å²) in [5, 5.41) is 3.30. The van der Waals surface area contributed by atoms with Crippen LogP contribution in [-0.2, 0) is 9.59 Å². The van der Waals surface area contributed by atoms with E-state index in [4.69, 9.17) is 11.6 Å². The van der Waals surface area contributed by atoms with Gasteiger partial charge in [-0.05, 0) is 31.4 Å². The molecule has 1 aromatic carbocycles. The van der Waals surface area contributed by atoms with Crippen molar-refractivity contribution in [2.24, 2.45) is 0 Å². The average Bonchev–Trinajstić information content (AvgIpc) is 3.20. The van der Waals surface area contributed by atoms with Crippen LogP contribution in [0.1, 0.15) is 29.6 Å². The maximum absolute atomic E-state index is 12.6. The maximum Gasteiger partial charge on any atom is 0.253 e. The molecular weight excluding hydrogens is 330 g/mol. The molecule has 24 heavy (non-hydrogen) atoms. The lowest BCUT2D eigenvalue weighted by atomic mass is 10.1. The first-order valence-corrected chi connectivity index (χ1v) is 8.60. The fourth-order valence-electron chi connectivity index (χ4n) is 4.00. The number of piperazine rings is 1. The van der Waals surface area contributed by atoms with Gasteiger partial charge in [0.25, 0.3) is 5.91 Å². The van der Waals surface area contributed by atoms with E-state index in [2.05, 4.69) is 5.32 Å². The maximum atomic E-state index is 12.6. The van der Waals surface area contributed by atoms with E-state index in [1.807, 2.05) is 0 Å². The number of fused-ring (bicyclic) bond motifs is 2. The molecule has 0 radical (unpaired) electrons. The summed E-state index contributed by atoms with van der Waals surface area (Å²) < 4.78 is 0. The Morgan fingerprint density at radius 3 is 2.67 bits per heavy atom. The van der Waals surface area contributed by atoms with Gasteiger partial charge in [-0.1, -0.05) is 23.7 Å². The standard InChI is InChI=1S/C17H18ClN3O3/c18-12-5-2-1-4-11(12)15(22)19-10-8-14-17(24)20-7-3-6-13(20)16(23)21(14)9-10/h1-2,4-5,10,13-14H,3,6-9H2,(H,19,22)/t10-,13-,14-/m0/s1. The van der Waals surface area contributed by atoms with Gasteiger partial charge in [-0.2, -0.15) is 0 Å². The average molecular weight is 348 g/mol. The molecule has 0 unspecified atom stereocenters. The molecule has 3 aliphatic rings. The minimum Gasteiger partial charge on any atom is -0.347 e. The van der Waals surface area contributed by atoms with E-state index in [9.17, 15) is 14.4 Å². The number of rotatable bonds is 2. The summed E-state index contributed by atoms with van der Waals surface area (Å²) in [6.45, 7) is 1.05. The van der Waals surface area contributed by atoms with Crippen molar-refractivity contribution in [3.8, 4) is 0 Å². The monoisotopic (exact) mass is 347 g/mol. The van der Waals surface area contributed by atoms with Crippen molar-refractivity contribution >= 4 is 29.3 Å². The molecule has 3 amide bonds. The van der Waals surface area contributed by atoms with E-state index in [1.54, 1.807) is 34.1 Å². The Hall–Kier alpha value is -2.08. The van der Waals surface area contributed by atoms with Crippen molar-refractivity contribution in [2.45, 2.75) is 37.4 Å². The van der Waals surface area contributed by atoms with Gasteiger partial charge < -0.3 is 15.1 Å². The molecule has 7 heteroatoms. The molecule has 0 bridgehead atoms. The summed E-state index contributed by atoms with van der Waals surface area (Å²) in [4.78, 5) is 40.9. The molecule has 3 atom stereocenters. The van der Waals surface area contributed by atoms with Crippen LogP contribution in [0.25, 0.3) is 0 Å². The zero-order valence-electron chi connectivity index (χ0n) is 13.1. The molecule has 3 aliphatic heterocycles. The van der Waals surface area contributed by atoms with Crippen molar-refractivity contribution in [3.05, 3.63) is 34.9 Å². The van der Waals surface area contributed by atoms with Crippen LogP contribution in [-0.4, -0.2) is 58.7 Å². The van der Waals surface area contributed by atoms with Crippen molar-refractivity contribution in [1.82, 2.24) is 15.1 Å². The van der Waals surface area contributed by atoms with Gasteiger partial charge in [0.1, 0.15) is 12.1 Å². The number of benzene rings is 1. The number of amides is 3. The van der Waals surface area contributed by atoms with Crippen LogP contribution in [0, 0.1) is 0 Å². The molecule has 4 rings (SSSR count). The SMILES string of the molecule is O=C(N[C@H]1C[C@H]2C(=O)N3CCC[C@H]3C(=O)N2C1)c1ccccc1Cl. The number of nitrogens with one attached hydrogen (secondary N) is 1. The van der Waals surface area contributed by atoms with Crippen LogP contribution < -0.4 is 5.32 Å². The van der Waals surface area contributed by atoms with Gasteiger partial charge in [0, 0.05) is 19.1 Å². The molecule has 3 heterocycles. The molecule has 3 fully saturated rings. The van der Waals surface area contributed by atoms with Crippen LogP contribution in [0.2, 0.25) is 5.02 Å². The minimum atomic E-state index is -0.441. The van der Waals surface area contributed by atoms with Crippen LogP contribution in [0.4, 0.5) is 0 Å². The minimum absolute atomic E-state index is 0.0200. The van der Waals surface area contributed by atoms with Gasteiger partial charge in [-0.25, -0.2) is 0 Å². The quantitative estimate of drug-likeness (QED) is 0.869. The van der Waals surface area contributed by atoms with Gasteiger partial charge in [0.15, 0.2) is 0 Å². The number of hydrogen-bond acceptors (Lipinski definition) is 3. The highest BCUT2D eigenvalue weighted by molar-refractivity contribution is 6.33. The summed E-state index contributed by atoms with van der Waals surface area (Å²) in [5.41, 5.74) is 0.405. The summed E-state index contributed by atoms with van der Waals surface area (Å²) in [6, 6.07) is 5.86. The smallest absolute Gasteiger partial charge is 0.253 e. The molecule has 126 valence electrons. The summed E-state index contributed by atoms with van der Waals surface area (Å²) >= 11 is 6.05. The first kappa shape index (κ1) is 15.4. The van der Waals surface area contributed by atoms with E-state index >= 15 is 0 Å². The van der Waals surface area contributed by atoms with Gasteiger partial charge in [-0.15, -0.1) is 0 Å². The molecule has 0 aliphatic carbocycles. The third-order valence-corrected chi connectivity index (χ3v) is 5.47. The lowest BCUT2D eigenvalue weighted by Gasteiger charge is -2.38. The summed E-state index contributed by atoms with van der Waals surface area (Å²) in [5.74, 6) is -0.232. The Morgan fingerprint density at radius 1 is 1.12 bits per heavy atom. The Balaban J connectivity index is 1.49. The fourth-order valence-corrected chi connectivity index (χ4v) is 4.22. The fraction of sp³-hybridized carbons (Fsp3) is 0.471. The van der Waals surface area contributed by atoms with E-state index in [0.717, 1.165) is 12.8 Å². The largest absolute Gasteiger partial charge is 0.347 e. The second-order valence-electron chi connectivity index (χ2n) is 6.58. The zero-order valence-corrected chi connectivity index (χ0v) is 13.8. The van der Waals surface area contributed by atoms with Gasteiger partial charge in [0.05, 0.1) is 10.6 Å². The number of carbonyl (C=O) groups is 3. The van der Waals surface area contributed by atoms with Crippen molar-refractivity contribution in [2.75, 3.05) is 13.1 Å². The highest BCUT2D eigenvalue weighted by Crippen LogP contribution is 2.32. The lowest BCUT2D eigenvalue weighted by molar-refractivity contribution is -0.156. The van der Waals surface area contributed by atoms with Crippen LogP contribution in [0.15, 0.2) is 24.3 Å². The lowest BCUT2D eigenvalue weighted by Crippen LogP contribution is -2.60. The molecule has 3 saturated heterocycles. The molecule has 0 saturated carbocycles.